The molecule has 162 valence electrons. The van der Waals surface area contributed by atoms with Gasteiger partial charge in [0.1, 0.15) is 0 Å². The van der Waals surface area contributed by atoms with Crippen molar-refractivity contribution in [2.45, 2.75) is 19.4 Å². The number of anilines is 1. The predicted octanol–water partition coefficient (Wildman–Crippen LogP) is 4.79. The van der Waals surface area contributed by atoms with Crippen molar-refractivity contribution in [1.29, 1.82) is 0 Å². The zero-order chi connectivity index (χ0) is 22.4. The summed E-state index contributed by atoms with van der Waals surface area (Å²) in [5.74, 6) is 0.0635. The second-order valence-electron chi connectivity index (χ2n) is 7.46. The Morgan fingerprint density at radius 3 is 2.16 bits per heavy atom. The van der Waals surface area contributed by atoms with Crippen molar-refractivity contribution in [2.24, 2.45) is 0 Å². The smallest absolute Gasteiger partial charge is 0.251 e. The highest BCUT2D eigenvalue weighted by Gasteiger charge is 2.18. The van der Waals surface area contributed by atoms with E-state index in [2.05, 4.69) is 34.8 Å². The van der Waals surface area contributed by atoms with Crippen LogP contribution in [0.5, 0.6) is 0 Å². The van der Waals surface area contributed by atoms with Crippen molar-refractivity contribution in [2.75, 3.05) is 17.1 Å². The van der Waals surface area contributed by atoms with Crippen LogP contribution in [0.25, 0.3) is 0 Å². The van der Waals surface area contributed by atoms with Gasteiger partial charge in [0.15, 0.2) is 0 Å². The van der Waals surface area contributed by atoms with Gasteiger partial charge < -0.3 is 5.32 Å². The average molecular weight is 548 g/mol. The van der Waals surface area contributed by atoms with Crippen LogP contribution in [0.3, 0.4) is 0 Å². The number of carbonyl (C=O) groups is 1. The molecule has 0 heterocycles. The van der Waals surface area contributed by atoms with Gasteiger partial charge in [-0.3, -0.25) is 9.10 Å². The Labute approximate surface area is 197 Å². The van der Waals surface area contributed by atoms with Crippen molar-refractivity contribution in [3.8, 4) is 0 Å². The second kappa shape index (κ2) is 10.3. The van der Waals surface area contributed by atoms with E-state index < -0.39 is 10.0 Å². The summed E-state index contributed by atoms with van der Waals surface area (Å²) in [5, 5.41) is 2.97. The molecule has 0 saturated heterocycles. The Kier molecular flexibility index (Phi) is 7.72. The Bertz CT molecular complexity index is 1120. The maximum absolute atomic E-state index is 12.5. The number of carbonyl (C=O) groups excluding carboxylic acids is 1. The molecule has 0 aliphatic carbocycles. The molecule has 0 aromatic heterocycles. The molecule has 3 aromatic carbocycles. The van der Waals surface area contributed by atoms with Crippen LogP contribution in [0.1, 0.15) is 34.3 Å². The van der Waals surface area contributed by atoms with E-state index in [-0.39, 0.29) is 18.4 Å². The van der Waals surface area contributed by atoms with E-state index in [0.717, 1.165) is 9.13 Å². The third-order valence-electron chi connectivity index (χ3n) is 4.99. The molecule has 3 aromatic rings. The first kappa shape index (κ1) is 23.3. The lowest BCUT2D eigenvalue weighted by Gasteiger charge is -2.22. The van der Waals surface area contributed by atoms with Crippen molar-refractivity contribution in [3.05, 3.63) is 99.1 Å². The summed E-state index contributed by atoms with van der Waals surface area (Å²) in [6.45, 7) is 2.81. The molecule has 0 aliphatic heterocycles. The lowest BCUT2D eigenvalue weighted by atomic mass is 10.0. The fraction of sp³-hybridized carbons (Fsp3) is 0.208. The summed E-state index contributed by atoms with van der Waals surface area (Å²) in [6, 6.07) is 24.4. The molecule has 0 aliphatic rings. The van der Waals surface area contributed by atoms with E-state index in [9.17, 15) is 13.2 Å². The number of hydrogen-bond acceptors (Lipinski definition) is 3. The van der Waals surface area contributed by atoms with Crippen LogP contribution in [0.15, 0.2) is 78.9 Å². The van der Waals surface area contributed by atoms with E-state index in [1.165, 1.54) is 16.1 Å². The minimum absolute atomic E-state index is 0.146. The minimum Gasteiger partial charge on any atom is -0.351 e. The fourth-order valence-corrected chi connectivity index (χ4v) is 4.43. The summed E-state index contributed by atoms with van der Waals surface area (Å²) in [4.78, 5) is 12.5. The van der Waals surface area contributed by atoms with E-state index in [0.29, 0.717) is 17.8 Å². The second-order valence-corrected chi connectivity index (χ2v) is 10.6. The largest absolute Gasteiger partial charge is 0.351 e. The molecule has 0 saturated carbocycles. The van der Waals surface area contributed by atoms with Crippen molar-refractivity contribution in [1.82, 2.24) is 5.32 Å². The van der Waals surface area contributed by atoms with Crippen LogP contribution in [0.4, 0.5) is 5.69 Å². The summed E-state index contributed by atoms with van der Waals surface area (Å²) >= 11 is 2.18. The molecule has 3 rings (SSSR count). The van der Waals surface area contributed by atoms with Gasteiger partial charge in [-0.25, -0.2) is 8.42 Å². The number of benzene rings is 3. The van der Waals surface area contributed by atoms with Crippen molar-refractivity contribution in [3.63, 3.8) is 0 Å². The number of rotatable bonds is 8. The molecule has 1 amide bonds. The molecular weight excluding hydrogens is 523 g/mol. The highest BCUT2D eigenvalue weighted by Crippen LogP contribution is 2.22. The highest BCUT2D eigenvalue weighted by atomic mass is 127. The molecule has 1 atom stereocenters. The molecule has 0 fully saturated rings. The van der Waals surface area contributed by atoms with Gasteiger partial charge >= 0.3 is 0 Å². The SMILES string of the molecule is C[C@@H](CNC(=O)c1ccc(CN(c2ccc(I)cc2)S(C)(=O)=O)cc1)c1ccccc1. The maximum Gasteiger partial charge on any atom is 0.251 e. The van der Waals surface area contributed by atoms with Gasteiger partial charge in [0.2, 0.25) is 10.0 Å². The van der Waals surface area contributed by atoms with Gasteiger partial charge in [0.25, 0.3) is 5.91 Å². The van der Waals surface area contributed by atoms with Crippen LogP contribution in [-0.4, -0.2) is 27.1 Å². The first-order chi connectivity index (χ1) is 14.7. The Balaban J connectivity index is 1.65. The molecule has 0 bridgehead atoms. The van der Waals surface area contributed by atoms with Gasteiger partial charge in [-0.15, -0.1) is 0 Å². The standard InChI is InChI=1S/C24H25IN2O3S/c1-18(20-6-4-3-5-7-20)16-26-24(28)21-10-8-19(9-11-21)17-27(31(2,29)30)23-14-12-22(25)13-15-23/h3-15,18H,16-17H2,1-2H3,(H,26,28)/t18-/m0/s1. The maximum atomic E-state index is 12.5. The third kappa shape index (κ3) is 6.54. The van der Waals surface area contributed by atoms with Crippen LogP contribution in [0.2, 0.25) is 0 Å². The van der Waals surface area contributed by atoms with E-state index in [1.54, 1.807) is 36.4 Å². The molecule has 1 N–H and O–H groups in total. The topological polar surface area (TPSA) is 66.5 Å². The minimum atomic E-state index is -3.45. The number of halogens is 1. The van der Waals surface area contributed by atoms with Crippen molar-refractivity contribution >= 4 is 44.2 Å². The van der Waals surface area contributed by atoms with Gasteiger partial charge in [-0.2, -0.15) is 0 Å². The monoisotopic (exact) mass is 548 g/mol. The molecule has 0 radical (unpaired) electrons. The van der Waals surface area contributed by atoms with Crippen LogP contribution < -0.4 is 9.62 Å². The van der Waals surface area contributed by atoms with Crippen LogP contribution >= 0.6 is 22.6 Å². The lowest BCUT2D eigenvalue weighted by Crippen LogP contribution is -2.29. The highest BCUT2D eigenvalue weighted by molar-refractivity contribution is 14.1. The Morgan fingerprint density at radius 2 is 1.58 bits per heavy atom. The number of hydrogen-bond donors (Lipinski definition) is 1. The first-order valence-electron chi connectivity index (χ1n) is 9.89. The van der Waals surface area contributed by atoms with Crippen LogP contribution in [-0.2, 0) is 16.6 Å². The lowest BCUT2D eigenvalue weighted by molar-refractivity contribution is 0.0951. The zero-order valence-electron chi connectivity index (χ0n) is 17.5. The summed E-state index contributed by atoms with van der Waals surface area (Å²) in [6.07, 6.45) is 1.20. The predicted molar refractivity (Wildman–Crippen MR) is 134 cm³/mol. The van der Waals surface area contributed by atoms with Gasteiger partial charge in [-0.05, 0) is 76.0 Å². The molecule has 5 nitrogen and oxygen atoms in total. The summed E-state index contributed by atoms with van der Waals surface area (Å²) < 4.78 is 27.0. The molecule has 31 heavy (non-hydrogen) atoms. The van der Waals surface area contributed by atoms with Gasteiger partial charge in [0.05, 0.1) is 18.5 Å². The Morgan fingerprint density at radius 1 is 0.968 bits per heavy atom. The van der Waals surface area contributed by atoms with Crippen LogP contribution in [0, 0.1) is 3.57 Å². The molecular formula is C24H25IN2O3S. The van der Waals surface area contributed by atoms with E-state index >= 15 is 0 Å². The average Bonchev–Trinajstić information content (AvgIpc) is 2.76. The third-order valence-corrected chi connectivity index (χ3v) is 6.85. The summed E-state index contributed by atoms with van der Waals surface area (Å²) in [7, 11) is -3.45. The summed E-state index contributed by atoms with van der Waals surface area (Å²) in [5.41, 5.74) is 3.14. The number of nitrogens with one attached hydrogen (secondary N) is 1. The molecule has 0 spiro atoms. The van der Waals surface area contributed by atoms with E-state index in [1.807, 2.05) is 42.5 Å². The molecule has 7 heteroatoms. The number of sulfonamides is 1. The van der Waals surface area contributed by atoms with Gasteiger partial charge in [0, 0.05) is 15.7 Å². The normalized spacial score (nSPS) is 12.2. The zero-order valence-corrected chi connectivity index (χ0v) is 20.4. The van der Waals surface area contributed by atoms with Gasteiger partial charge in [-0.1, -0.05) is 49.4 Å². The number of nitrogens with zero attached hydrogens (tertiary/aromatic N) is 1. The molecule has 0 unspecified atom stereocenters. The van der Waals surface area contributed by atoms with E-state index in [4.69, 9.17) is 0 Å². The van der Waals surface area contributed by atoms with Crippen molar-refractivity contribution < 1.29 is 13.2 Å². The fourth-order valence-electron chi connectivity index (χ4n) is 3.18. The Hall–Kier alpha value is -2.39. The quantitative estimate of drug-likeness (QED) is 0.412. The number of amides is 1. The first-order valence-corrected chi connectivity index (χ1v) is 12.8.